The van der Waals surface area contributed by atoms with Gasteiger partial charge in [0.05, 0.1) is 13.2 Å². The maximum atomic E-state index is 5.95. The van der Waals surface area contributed by atoms with E-state index in [1.54, 1.807) is 14.2 Å². The van der Waals surface area contributed by atoms with Crippen LogP contribution in [-0.2, 0) is 16.0 Å². The second-order valence-corrected chi connectivity index (χ2v) is 6.48. The lowest BCUT2D eigenvalue weighted by molar-refractivity contribution is 0.172. The smallest absolute Gasteiger partial charge is 0.191 e. The van der Waals surface area contributed by atoms with E-state index in [1.807, 2.05) is 0 Å². The minimum Gasteiger partial charge on any atom is -0.493 e. The Morgan fingerprint density at radius 2 is 1.74 bits per heavy atom. The van der Waals surface area contributed by atoms with Gasteiger partial charge < -0.3 is 24.8 Å². The van der Waals surface area contributed by atoms with E-state index in [9.17, 15) is 0 Å². The number of nitrogens with zero attached hydrogens (tertiary/aromatic N) is 1. The van der Waals surface area contributed by atoms with Gasteiger partial charge in [-0.3, -0.25) is 0 Å². The molecule has 1 aromatic rings. The van der Waals surface area contributed by atoms with Gasteiger partial charge in [0.25, 0.3) is 0 Å². The molecule has 0 unspecified atom stereocenters. The first-order chi connectivity index (χ1) is 13.2. The van der Waals surface area contributed by atoms with Crippen LogP contribution in [0.2, 0.25) is 0 Å². The van der Waals surface area contributed by atoms with Crippen LogP contribution in [0.4, 0.5) is 0 Å². The highest BCUT2D eigenvalue weighted by Gasteiger charge is 2.05. The van der Waals surface area contributed by atoms with Gasteiger partial charge >= 0.3 is 0 Å². The predicted molar refractivity (Wildman–Crippen MR) is 112 cm³/mol. The molecule has 0 saturated carbocycles. The number of aliphatic imine (C=N–C) groups is 1. The fourth-order valence-electron chi connectivity index (χ4n) is 2.57. The summed E-state index contributed by atoms with van der Waals surface area (Å²) in [6, 6.07) is 6.27. The molecule has 1 aromatic carbocycles. The third kappa shape index (κ3) is 10.8. The van der Waals surface area contributed by atoms with E-state index in [4.69, 9.17) is 19.2 Å². The van der Waals surface area contributed by atoms with Crippen molar-refractivity contribution in [2.45, 2.75) is 46.1 Å². The van der Waals surface area contributed by atoms with Crippen molar-refractivity contribution >= 4 is 5.96 Å². The Morgan fingerprint density at radius 3 is 2.48 bits per heavy atom. The topological polar surface area (TPSA) is 64.1 Å². The van der Waals surface area contributed by atoms with Crippen molar-refractivity contribution in [1.29, 1.82) is 0 Å². The number of nitrogens with one attached hydrogen (secondary N) is 2. The molecule has 0 saturated heterocycles. The number of aryl methyl sites for hydroxylation is 1. The summed E-state index contributed by atoms with van der Waals surface area (Å²) in [7, 11) is 3.45. The second kappa shape index (κ2) is 15.3. The van der Waals surface area contributed by atoms with Gasteiger partial charge in [0, 0.05) is 52.5 Å². The monoisotopic (exact) mass is 379 g/mol. The molecule has 27 heavy (non-hydrogen) atoms. The van der Waals surface area contributed by atoms with E-state index in [-0.39, 0.29) is 0 Å². The molecule has 2 N–H and O–H groups in total. The van der Waals surface area contributed by atoms with Crippen LogP contribution in [0.1, 0.15) is 43.7 Å². The Morgan fingerprint density at radius 1 is 0.963 bits per heavy atom. The molecule has 0 heterocycles. The fraction of sp³-hybridized carbons (Fsp3) is 0.667. The second-order valence-electron chi connectivity index (χ2n) is 6.48. The summed E-state index contributed by atoms with van der Waals surface area (Å²) in [6.07, 6.45) is 4.23. The molecule has 0 amide bonds. The Balaban J connectivity index is 2.58. The van der Waals surface area contributed by atoms with E-state index >= 15 is 0 Å². The van der Waals surface area contributed by atoms with Crippen LogP contribution in [0, 0.1) is 6.92 Å². The quantitative estimate of drug-likeness (QED) is 0.295. The number of hydrogen-bond acceptors (Lipinski definition) is 4. The van der Waals surface area contributed by atoms with E-state index < -0.39 is 0 Å². The number of methoxy groups -OCH3 is 2. The van der Waals surface area contributed by atoms with Gasteiger partial charge in [-0.1, -0.05) is 12.1 Å². The summed E-state index contributed by atoms with van der Waals surface area (Å²) in [5.74, 6) is 1.75. The summed E-state index contributed by atoms with van der Waals surface area (Å²) in [4.78, 5) is 4.72. The van der Waals surface area contributed by atoms with Gasteiger partial charge in [-0.25, -0.2) is 4.99 Å². The van der Waals surface area contributed by atoms with Crippen LogP contribution < -0.4 is 15.4 Å². The molecule has 1 rings (SSSR count). The minimum atomic E-state index is 0.582. The lowest BCUT2D eigenvalue weighted by Crippen LogP contribution is -2.37. The molecule has 0 fully saturated rings. The minimum absolute atomic E-state index is 0.582. The first kappa shape index (κ1) is 23.2. The van der Waals surface area contributed by atoms with Crippen molar-refractivity contribution in [2.24, 2.45) is 4.99 Å². The van der Waals surface area contributed by atoms with Crippen LogP contribution in [-0.4, -0.2) is 53.1 Å². The van der Waals surface area contributed by atoms with Crippen LogP contribution >= 0.6 is 0 Å². The molecule has 0 aliphatic carbocycles. The maximum absolute atomic E-state index is 5.95. The molecular formula is C21H37N3O3. The van der Waals surface area contributed by atoms with Gasteiger partial charge in [-0.15, -0.1) is 0 Å². The fourth-order valence-corrected chi connectivity index (χ4v) is 2.57. The molecule has 0 aromatic heterocycles. The number of guanidine groups is 1. The summed E-state index contributed by atoms with van der Waals surface area (Å²) in [6.45, 7) is 8.66. The first-order valence-corrected chi connectivity index (χ1v) is 9.93. The van der Waals surface area contributed by atoms with Crippen molar-refractivity contribution in [3.8, 4) is 5.75 Å². The summed E-state index contributed by atoms with van der Waals surface area (Å²) in [5, 5.41) is 6.70. The molecule has 0 atom stereocenters. The molecule has 0 aliphatic rings. The zero-order valence-corrected chi connectivity index (χ0v) is 17.5. The van der Waals surface area contributed by atoms with Crippen molar-refractivity contribution in [1.82, 2.24) is 10.6 Å². The van der Waals surface area contributed by atoms with E-state index in [0.717, 1.165) is 62.7 Å². The highest BCUT2D eigenvalue weighted by molar-refractivity contribution is 5.79. The van der Waals surface area contributed by atoms with Crippen molar-refractivity contribution in [2.75, 3.05) is 47.1 Å². The van der Waals surface area contributed by atoms with Gasteiger partial charge in [0.1, 0.15) is 5.75 Å². The average Bonchev–Trinajstić information content (AvgIpc) is 2.67. The Hall–Kier alpha value is -1.79. The highest BCUT2D eigenvalue weighted by Crippen LogP contribution is 2.21. The highest BCUT2D eigenvalue weighted by atomic mass is 16.5. The predicted octanol–water partition coefficient (Wildman–Crippen LogP) is 3.28. The summed E-state index contributed by atoms with van der Waals surface area (Å²) in [5.41, 5.74) is 2.28. The Bertz CT molecular complexity index is 535. The molecule has 0 aliphatic heterocycles. The van der Waals surface area contributed by atoms with Gasteiger partial charge in [-0.2, -0.15) is 0 Å². The van der Waals surface area contributed by atoms with Crippen LogP contribution in [0.15, 0.2) is 23.2 Å². The molecule has 6 nitrogen and oxygen atoms in total. The van der Waals surface area contributed by atoms with E-state index in [2.05, 4.69) is 42.7 Å². The van der Waals surface area contributed by atoms with Crippen molar-refractivity contribution < 1.29 is 14.2 Å². The number of hydrogen-bond donors (Lipinski definition) is 2. The molecule has 0 bridgehead atoms. The number of rotatable bonds is 14. The lowest BCUT2D eigenvalue weighted by Gasteiger charge is -2.13. The third-order valence-corrected chi connectivity index (χ3v) is 4.04. The Labute approximate surface area is 164 Å². The van der Waals surface area contributed by atoms with Crippen molar-refractivity contribution in [3.63, 3.8) is 0 Å². The summed E-state index contributed by atoms with van der Waals surface area (Å²) < 4.78 is 16.1. The molecule has 0 radical (unpaired) electrons. The number of ether oxygens (including phenoxy) is 3. The molecular weight excluding hydrogens is 342 g/mol. The first-order valence-electron chi connectivity index (χ1n) is 9.93. The number of unbranched alkanes of at least 4 members (excludes halogenated alkanes) is 2. The van der Waals surface area contributed by atoms with Gasteiger partial charge in [0.2, 0.25) is 0 Å². The normalized spacial score (nSPS) is 11.5. The SMILES string of the molecule is CCNC(=NCc1ccc(C)cc1OCCCOC)NCCCCCOC. The molecule has 0 spiro atoms. The third-order valence-electron chi connectivity index (χ3n) is 4.04. The van der Waals surface area contributed by atoms with Crippen LogP contribution in [0.25, 0.3) is 0 Å². The largest absolute Gasteiger partial charge is 0.493 e. The standard InChI is InChI=1S/C21H37N3O3/c1-5-22-21(23-12-7-6-8-13-25-3)24-17-19-11-10-18(2)16-20(19)27-15-9-14-26-4/h10-11,16H,5-9,12-15,17H2,1-4H3,(H2,22,23,24). The van der Waals surface area contributed by atoms with Gasteiger partial charge in [-0.05, 0) is 44.7 Å². The summed E-state index contributed by atoms with van der Waals surface area (Å²) >= 11 is 0. The maximum Gasteiger partial charge on any atom is 0.191 e. The zero-order valence-electron chi connectivity index (χ0n) is 17.5. The average molecular weight is 380 g/mol. The molecule has 6 heteroatoms. The Kier molecular flexibility index (Phi) is 13.2. The number of benzene rings is 1. The van der Waals surface area contributed by atoms with Crippen LogP contribution in [0.5, 0.6) is 5.75 Å². The molecule has 154 valence electrons. The van der Waals surface area contributed by atoms with Crippen LogP contribution in [0.3, 0.4) is 0 Å². The van der Waals surface area contributed by atoms with Gasteiger partial charge in [0.15, 0.2) is 5.96 Å². The lowest BCUT2D eigenvalue weighted by atomic mass is 10.1. The zero-order chi connectivity index (χ0) is 19.7. The van der Waals surface area contributed by atoms with E-state index in [1.165, 1.54) is 5.56 Å². The van der Waals surface area contributed by atoms with Crippen molar-refractivity contribution in [3.05, 3.63) is 29.3 Å². The van der Waals surface area contributed by atoms with E-state index in [0.29, 0.717) is 19.8 Å².